The molecule has 2 rings (SSSR count). The highest BCUT2D eigenvalue weighted by Crippen LogP contribution is 2.14. The molecule has 0 aliphatic carbocycles. The van der Waals surface area contributed by atoms with Crippen LogP contribution in [0.5, 0.6) is 0 Å². The quantitative estimate of drug-likeness (QED) is 0.804. The molecule has 7 nitrogen and oxygen atoms in total. The van der Waals surface area contributed by atoms with Crippen LogP contribution >= 0.6 is 0 Å². The number of carbonyl (C=O) groups is 1. The molecule has 0 aliphatic rings. The molecule has 0 bridgehead atoms. The Bertz CT molecular complexity index is 638. The number of aryl methyl sites for hydroxylation is 2. The van der Waals surface area contributed by atoms with E-state index < -0.39 is 0 Å². The molecule has 0 saturated heterocycles. The number of nitrogens with zero attached hydrogens (tertiary/aromatic N) is 4. The maximum atomic E-state index is 11.8. The molecular formula is C14H21N5O2. The molecule has 0 saturated carbocycles. The lowest BCUT2D eigenvalue weighted by Crippen LogP contribution is -2.29. The van der Waals surface area contributed by atoms with Crippen LogP contribution in [-0.2, 0) is 11.2 Å². The van der Waals surface area contributed by atoms with Gasteiger partial charge in [-0.05, 0) is 31.7 Å². The molecule has 2 aromatic rings. The Labute approximate surface area is 123 Å². The van der Waals surface area contributed by atoms with Crippen molar-refractivity contribution < 1.29 is 9.90 Å². The van der Waals surface area contributed by atoms with Gasteiger partial charge in [0.2, 0.25) is 5.91 Å². The number of aliphatic hydroxyl groups excluding tert-OH is 1. The van der Waals surface area contributed by atoms with Gasteiger partial charge in [-0.1, -0.05) is 6.92 Å². The van der Waals surface area contributed by atoms with E-state index in [1.165, 1.54) is 6.33 Å². The third-order valence-electron chi connectivity index (χ3n) is 3.55. The number of aromatic nitrogens is 4. The van der Waals surface area contributed by atoms with Gasteiger partial charge in [-0.3, -0.25) is 4.79 Å². The molecule has 0 spiro atoms. The number of carbonyl (C=O) groups excluding carboxylic acids is 1. The van der Waals surface area contributed by atoms with Crippen molar-refractivity contribution in [2.24, 2.45) is 5.92 Å². The second kappa shape index (κ2) is 6.62. The molecule has 1 atom stereocenters. The van der Waals surface area contributed by atoms with E-state index in [1.807, 2.05) is 20.8 Å². The molecule has 1 unspecified atom stereocenters. The SMILES string of the molecule is Cc1nc2ncnn2c(C)c1CCC(=O)NCC(C)CO. The van der Waals surface area contributed by atoms with Crippen LogP contribution in [0, 0.1) is 19.8 Å². The molecule has 2 heterocycles. The molecule has 2 aromatic heterocycles. The molecule has 0 radical (unpaired) electrons. The number of amides is 1. The van der Waals surface area contributed by atoms with Crippen molar-refractivity contribution >= 4 is 11.7 Å². The predicted molar refractivity (Wildman–Crippen MR) is 77.8 cm³/mol. The van der Waals surface area contributed by atoms with Crippen LogP contribution in [0.1, 0.15) is 30.3 Å². The highest BCUT2D eigenvalue weighted by molar-refractivity contribution is 5.76. The first-order valence-corrected chi connectivity index (χ1v) is 7.06. The van der Waals surface area contributed by atoms with Gasteiger partial charge in [-0.15, -0.1) is 0 Å². The summed E-state index contributed by atoms with van der Waals surface area (Å²) in [5, 5.41) is 15.9. The molecule has 0 aliphatic heterocycles. The minimum atomic E-state index is -0.0206. The zero-order valence-electron chi connectivity index (χ0n) is 12.6. The van der Waals surface area contributed by atoms with Gasteiger partial charge in [0.05, 0.1) is 0 Å². The van der Waals surface area contributed by atoms with Gasteiger partial charge in [0.25, 0.3) is 5.78 Å². The molecule has 1 amide bonds. The Kier molecular flexibility index (Phi) is 4.85. The van der Waals surface area contributed by atoms with Crippen molar-refractivity contribution in [3.63, 3.8) is 0 Å². The van der Waals surface area contributed by atoms with Crippen LogP contribution in [0.15, 0.2) is 6.33 Å². The summed E-state index contributed by atoms with van der Waals surface area (Å²) in [5.41, 5.74) is 2.87. The van der Waals surface area contributed by atoms with Gasteiger partial charge < -0.3 is 10.4 Å². The van der Waals surface area contributed by atoms with Crippen LogP contribution in [0.4, 0.5) is 0 Å². The number of rotatable bonds is 6. The number of aliphatic hydroxyl groups is 1. The Morgan fingerprint density at radius 3 is 2.95 bits per heavy atom. The normalized spacial score (nSPS) is 12.6. The molecule has 0 fully saturated rings. The maximum absolute atomic E-state index is 11.8. The zero-order chi connectivity index (χ0) is 15.4. The summed E-state index contributed by atoms with van der Waals surface area (Å²) in [6, 6.07) is 0. The molecule has 114 valence electrons. The van der Waals surface area contributed by atoms with Crippen molar-refractivity contribution in [3.8, 4) is 0 Å². The van der Waals surface area contributed by atoms with Crippen LogP contribution in [0.2, 0.25) is 0 Å². The van der Waals surface area contributed by atoms with E-state index in [0.29, 0.717) is 25.2 Å². The van der Waals surface area contributed by atoms with Gasteiger partial charge in [0.1, 0.15) is 6.33 Å². The second-order valence-electron chi connectivity index (χ2n) is 5.32. The van der Waals surface area contributed by atoms with Crippen molar-refractivity contribution in [1.29, 1.82) is 0 Å². The fourth-order valence-electron chi connectivity index (χ4n) is 2.20. The minimum Gasteiger partial charge on any atom is -0.396 e. The molecule has 7 heteroatoms. The van der Waals surface area contributed by atoms with Crippen LogP contribution in [-0.4, -0.2) is 43.7 Å². The fraction of sp³-hybridized carbons (Fsp3) is 0.571. The first kappa shape index (κ1) is 15.4. The van der Waals surface area contributed by atoms with Crippen molar-refractivity contribution in [2.45, 2.75) is 33.6 Å². The Balaban J connectivity index is 2.01. The predicted octanol–water partition coefficient (Wildman–Crippen LogP) is 0.418. The van der Waals surface area contributed by atoms with Crippen LogP contribution < -0.4 is 5.32 Å². The highest BCUT2D eigenvalue weighted by Gasteiger charge is 2.12. The van der Waals surface area contributed by atoms with E-state index in [-0.39, 0.29) is 18.4 Å². The Hall–Kier alpha value is -2.02. The maximum Gasteiger partial charge on any atom is 0.252 e. The first-order chi connectivity index (χ1) is 10.0. The smallest absolute Gasteiger partial charge is 0.252 e. The molecule has 2 N–H and O–H groups in total. The van der Waals surface area contributed by atoms with Gasteiger partial charge in [0, 0.05) is 31.0 Å². The Morgan fingerprint density at radius 2 is 2.24 bits per heavy atom. The summed E-state index contributed by atoms with van der Waals surface area (Å²) in [6.45, 7) is 6.33. The third kappa shape index (κ3) is 3.55. The lowest BCUT2D eigenvalue weighted by Gasteiger charge is -2.12. The average molecular weight is 291 g/mol. The average Bonchev–Trinajstić information content (AvgIpc) is 2.92. The van der Waals surface area contributed by atoms with Crippen molar-refractivity contribution in [1.82, 2.24) is 24.9 Å². The van der Waals surface area contributed by atoms with E-state index in [2.05, 4.69) is 20.4 Å². The number of hydrogen-bond acceptors (Lipinski definition) is 5. The van der Waals surface area contributed by atoms with Crippen LogP contribution in [0.25, 0.3) is 5.78 Å². The number of fused-ring (bicyclic) bond motifs is 1. The van der Waals surface area contributed by atoms with E-state index in [9.17, 15) is 4.79 Å². The van der Waals surface area contributed by atoms with E-state index in [1.54, 1.807) is 4.52 Å². The molecular weight excluding hydrogens is 270 g/mol. The summed E-state index contributed by atoms with van der Waals surface area (Å²) < 4.78 is 1.69. The van der Waals surface area contributed by atoms with Crippen molar-refractivity contribution in [3.05, 3.63) is 23.3 Å². The summed E-state index contributed by atoms with van der Waals surface area (Å²) >= 11 is 0. The van der Waals surface area contributed by atoms with Crippen molar-refractivity contribution in [2.75, 3.05) is 13.2 Å². The van der Waals surface area contributed by atoms with Gasteiger partial charge in [0.15, 0.2) is 0 Å². The lowest BCUT2D eigenvalue weighted by molar-refractivity contribution is -0.121. The lowest BCUT2D eigenvalue weighted by atomic mass is 10.1. The first-order valence-electron chi connectivity index (χ1n) is 7.06. The summed E-state index contributed by atoms with van der Waals surface area (Å²) in [5.74, 6) is 0.633. The Morgan fingerprint density at radius 1 is 1.48 bits per heavy atom. The molecule has 0 aromatic carbocycles. The number of nitrogens with one attached hydrogen (secondary N) is 1. The summed E-state index contributed by atoms with van der Waals surface area (Å²) in [7, 11) is 0. The van der Waals surface area contributed by atoms with E-state index in [4.69, 9.17) is 5.11 Å². The summed E-state index contributed by atoms with van der Waals surface area (Å²) in [4.78, 5) is 20.3. The van der Waals surface area contributed by atoms with E-state index >= 15 is 0 Å². The third-order valence-corrected chi connectivity index (χ3v) is 3.55. The fourth-order valence-corrected chi connectivity index (χ4v) is 2.20. The minimum absolute atomic E-state index is 0.0206. The topological polar surface area (TPSA) is 92.4 Å². The standard InChI is InChI=1S/C14H21N5O2/c1-9(7-20)6-15-13(21)5-4-12-10(2)18-14-16-8-17-19(14)11(12)3/h8-9,20H,4-7H2,1-3H3,(H,15,21). The second-order valence-corrected chi connectivity index (χ2v) is 5.32. The summed E-state index contributed by atoms with van der Waals surface area (Å²) in [6.07, 6.45) is 2.48. The largest absolute Gasteiger partial charge is 0.396 e. The highest BCUT2D eigenvalue weighted by atomic mass is 16.3. The zero-order valence-corrected chi connectivity index (χ0v) is 12.6. The monoisotopic (exact) mass is 291 g/mol. The molecule has 21 heavy (non-hydrogen) atoms. The van der Waals surface area contributed by atoms with E-state index in [0.717, 1.165) is 17.0 Å². The van der Waals surface area contributed by atoms with Crippen LogP contribution in [0.3, 0.4) is 0 Å². The van der Waals surface area contributed by atoms with Gasteiger partial charge in [-0.2, -0.15) is 10.1 Å². The van der Waals surface area contributed by atoms with Gasteiger partial charge >= 0.3 is 0 Å². The van der Waals surface area contributed by atoms with Gasteiger partial charge in [-0.25, -0.2) is 9.50 Å². The number of hydrogen-bond donors (Lipinski definition) is 2.